The van der Waals surface area contributed by atoms with Gasteiger partial charge < -0.3 is 11.5 Å². The molecule has 6 N–H and O–H groups in total. The Morgan fingerprint density at radius 2 is 0.950 bits per heavy atom. The average Bonchev–Trinajstić information content (AvgIpc) is 2.88. The van der Waals surface area contributed by atoms with Gasteiger partial charge in [-0.2, -0.15) is 16.8 Å². The molecule has 210 valence electrons. The van der Waals surface area contributed by atoms with Crippen LogP contribution >= 0.6 is 0 Å². The molecule has 0 heterocycles. The maximum absolute atomic E-state index is 13.9. The molecular weight excluding hydrogens is 605 g/mol. The van der Waals surface area contributed by atoms with E-state index >= 15 is 0 Å². The van der Waals surface area contributed by atoms with Gasteiger partial charge in [0.2, 0.25) is 19.7 Å². The molecule has 0 fully saturated rings. The molecule has 12 nitrogen and oxygen atoms in total. The first-order valence-electron chi connectivity index (χ1n) is 10.9. The van der Waals surface area contributed by atoms with Gasteiger partial charge in [-0.05, 0) is 66.2 Å². The fraction of sp³-hybridized carbons (Fsp3) is 0. The molecule has 0 aliphatic heterocycles. The molecule has 0 aliphatic carbocycles. The molecule has 0 bridgehead atoms. The van der Waals surface area contributed by atoms with Crippen LogP contribution in [0, 0.1) is 0 Å². The summed E-state index contributed by atoms with van der Waals surface area (Å²) in [6, 6.07) is 15.3. The van der Waals surface area contributed by atoms with Crippen LogP contribution in [0.25, 0.3) is 11.1 Å². The molecule has 4 aromatic rings. The number of sulfone groups is 2. The minimum atomic E-state index is -5.14. The van der Waals surface area contributed by atoms with Crippen LogP contribution in [-0.4, -0.2) is 42.8 Å². The summed E-state index contributed by atoms with van der Waals surface area (Å²) in [5, 5.41) is 0. The lowest BCUT2D eigenvalue weighted by Gasteiger charge is -2.14. The summed E-state index contributed by atoms with van der Waals surface area (Å²) < 4.78 is 121. The second-order valence-electron chi connectivity index (χ2n) is 8.45. The summed E-state index contributed by atoms with van der Waals surface area (Å²) in [4.78, 5) is -4.66. The molecule has 0 spiro atoms. The van der Waals surface area contributed by atoms with E-state index in [0.717, 1.165) is 24.3 Å². The highest BCUT2D eigenvalue weighted by molar-refractivity contribution is 7.92. The standard InChI is InChI=1S/C24H20N2O10S4/c25-16-6-4-15(5-7-16)23-9-8-17(26)10-24(23)38(29,30)21-12-20(13-22(14-21)40(34,35)36)37(27,28)18-2-1-3-19(11-18)39(31,32)33/h1-14H,25-26H2,(H,31,32,33)(H,34,35,36). The van der Waals surface area contributed by atoms with Crippen molar-refractivity contribution in [1.82, 2.24) is 0 Å². The van der Waals surface area contributed by atoms with Crippen LogP contribution in [-0.2, 0) is 39.9 Å². The first kappa shape index (κ1) is 29.2. The molecule has 0 saturated heterocycles. The number of rotatable bonds is 7. The number of benzene rings is 4. The van der Waals surface area contributed by atoms with Crippen molar-refractivity contribution in [3.63, 3.8) is 0 Å². The third-order valence-corrected chi connectivity index (χ3v) is 10.9. The molecule has 0 unspecified atom stereocenters. The molecule has 0 atom stereocenters. The van der Waals surface area contributed by atoms with E-state index in [2.05, 4.69) is 0 Å². The Balaban J connectivity index is 2.00. The van der Waals surface area contributed by atoms with E-state index in [4.69, 9.17) is 11.5 Å². The molecule has 0 aliphatic rings. The number of hydrogen-bond donors (Lipinski definition) is 4. The highest BCUT2D eigenvalue weighted by Gasteiger charge is 2.29. The van der Waals surface area contributed by atoms with Gasteiger partial charge >= 0.3 is 0 Å². The predicted molar refractivity (Wildman–Crippen MR) is 144 cm³/mol. The lowest BCUT2D eigenvalue weighted by molar-refractivity contribution is 0.480. The van der Waals surface area contributed by atoms with Gasteiger partial charge in [-0.25, -0.2) is 16.8 Å². The van der Waals surface area contributed by atoms with Crippen molar-refractivity contribution in [3.05, 3.63) is 84.9 Å². The zero-order valence-corrected chi connectivity index (χ0v) is 23.3. The lowest BCUT2D eigenvalue weighted by Crippen LogP contribution is -2.11. The van der Waals surface area contributed by atoms with Gasteiger partial charge in [-0.15, -0.1) is 0 Å². The van der Waals surface area contributed by atoms with Crippen LogP contribution < -0.4 is 11.5 Å². The van der Waals surface area contributed by atoms with E-state index in [-0.39, 0.29) is 11.3 Å². The fourth-order valence-electron chi connectivity index (χ4n) is 3.73. The minimum absolute atomic E-state index is 0.0265. The molecule has 40 heavy (non-hydrogen) atoms. The largest absolute Gasteiger partial charge is 0.399 e. The SMILES string of the molecule is Nc1ccc(-c2ccc(N)cc2S(=O)(=O)c2cc(S(=O)(=O)O)cc(S(=O)(=O)c3cccc(S(=O)(=O)O)c3)c2)cc1. The van der Waals surface area contributed by atoms with E-state index < -0.39 is 69.3 Å². The van der Waals surface area contributed by atoms with Crippen molar-refractivity contribution in [3.8, 4) is 11.1 Å². The van der Waals surface area contributed by atoms with Crippen molar-refractivity contribution in [2.75, 3.05) is 11.5 Å². The van der Waals surface area contributed by atoms with Crippen LogP contribution in [0.3, 0.4) is 0 Å². The quantitative estimate of drug-likeness (QED) is 0.172. The summed E-state index contributed by atoms with van der Waals surface area (Å²) >= 11 is 0. The summed E-state index contributed by atoms with van der Waals surface area (Å²) in [5.74, 6) is 0. The van der Waals surface area contributed by atoms with Crippen molar-refractivity contribution in [1.29, 1.82) is 0 Å². The fourth-order valence-corrected chi connectivity index (χ4v) is 8.07. The summed E-state index contributed by atoms with van der Waals surface area (Å²) in [6.07, 6.45) is 0. The molecule has 0 aromatic heterocycles. The minimum Gasteiger partial charge on any atom is -0.399 e. The topological polar surface area (TPSA) is 229 Å². The number of nitrogens with two attached hydrogens (primary N) is 2. The van der Waals surface area contributed by atoms with Crippen LogP contribution in [0.5, 0.6) is 0 Å². The highest BCUT2D eigenvalue weighted by Crippen LogP contribution is 2.36. The van der Waals surface area contributed by atoms with E-state index in [9.17, 15) is 42.8 Å². The third kappa shape index (κ3) is 5.72. The number of anilines is 2. The summed E-state index contributed by atoms with van der Waals surface area (Å²) in [5.41, 5.74) is 12.5. The van der Waals surface area contributed by atoms with Crippen LogP contribution in [0.2, 0.25) is 0 Å². The second-order valence-corrected chi connectivity index (χ2v) is 15.2. The molecule has 4 aromatic carbocycles. The first-order valence-corrected chi connectivity index (χ1v) is 16.7. The Bertz CT molecular complexity index is 2090. The summed E-state index contributed by atoms with van der Waals surface area (Å²) in [6.45, 7) is 0. The van der Waals surface area contributed by atoms with Gasteiger partial charge in [0, 0.05) is 16.9 Å². The zero-order valence-electron chi connectivity index (χ0n) is 20.0. The van der Waals surface area contributed by atoms with Crippen molar-refractivity contribution >= 4 is 51.3 Å². The van der Waals surface area contributed by atoms with Crippen LogP contribution in [0.15, 0.2) is 114 Å². The molecular formula is C24H20N2O10S4. The van der Waals surface area contributed by atoms with Gasteiger partial charge in [-0.1, -0.05) is 24.3 Å². The molecule has 0 saturated carbocycles. The van der Waals surface area contributed by atoms with Gasteiger partial charge in [0.05, 0.1) is 29.4 Å². The second kappa shape index (κ2) is 9.99. The van der Waals surface area contributed by atoms with Gasteiger partial charge in [0.1, 0.15) is 0 Å². The maximum Gasteiger partial charge on any atom is 0.294 e. The Morgan fingerprint density at radius 3 is 1.52 bits per heavy atom. The van der Waals surface area contributed by atoms with Gasteiger partial charge in [0.25, 0.3) is 20.2 Å². The Labute approximate surface area is 230 Å². The Kier molecular flexibility index (Phi) is 7.29. The highest BCUT2D eigenvalue weighted by atomic mass is 32.2. The number of hydrogen-bond acceptors (Lipinski definition) is 10. The molecule has 16 heteroatoms. The zero-order chi connectivity index (χ0) is 29.7. The Hall–Kier alpha value is -3.80. The average molecular weight is 625 g/mol. The van der Waals surface area contributed by atoms with Gasteiger partial charge in [-0.3, -0.25) is 9.11 Å². The van der Waals surface area contributed by atoms with Crippen LogP contribution in [0.1, 0.15) is 0 Å². The normalized spacial score (nSPS) is 12.8. The molecule has 0 radical (unpaired) electrons. The van der Waals surface area contributed by atoms with E-state index in [0.29, 0.717) is 35.5 Å². The molecule has 4 rings (SSSR count). The van der Waals surface area contributed by atoms with Crippen molar-refractivity contribution in [2.45, 2.75) is 29.4 Å². The first-order chi connectivity index (χ1) is 18.4. The Morgan fingerprint density at radius 1 is 0.475 bits per heavy atom. The monoisotopic (exact) mass is 624 g/mol. The van der Waals surface area contributed by atoms with Crippen molar-refractivity contribution in [2.24, 2.45) is 0 Å². The summed E-state index contributed by atoms with van der Waals surface area (Å²) in [7, 11) is -19.5. The number of nitrogen functional groups attached to an aromatic ring is 2. The third-order valence-electron chi connectivity index (χ3n) is 5.70. The van der Waals surface area contributed by atoms with Crippen LogP contribution in [0.4, 0.5) is 11.4 Å². The molecule has 0 amide bonds. The van der Waals surface area contributed by atoms with Gasteiger partial charge in [0.15, 0.2) is 0 Å². The van der Waals surface area contributed by atoms with Crippen molar-refractivity contribution < 1.29 is 42.8 Å². The lowest BCUT2D eigenvalue weighted by atomic mass is 10.1. The van der Waals surface area contributed by atoms with E-state index in [1.807, 2.05) is 0 Å². The smallest absolute Gasteiger partial charge is 0.294 e. The van der Waals surface area contributed by atoms with E-state index in [1.165, 1.54) is 36.4 Å². The predicted octanol–water partition coefficient (Wildman–Crippen LogP) is 2.68. The maximum atomic E-state index is 13.9. The van der Waals surface area contributed by atoms with E-state index in [1.54, 1.807) is 0 Å².